The Morgan fingerprint density at radius 3 is 2.65 bits per heavy atom. The van der Waals surface area contributed by atoms with Gasteiger partial charge in [0.2, 0.25) is 0 Å². The van der Waals surface area contributed by atoms with E-state index in [4.69, 9.17) is 16.3 Å². The molecule has 2 rings (SSSR count). The first-order valence-corrected chi connectivity index (χ1v) is 6.52. The Morgan fingerprint density at radius 1 is 1.30 bits per heavy atom. The standard InChI is InChI=1S/C15H15ClFNO2/c1-15(2,3)20-14(19)18-10-7-9-5-4-6-11(16)13(9)12(17)8-10/h4-8H,1-3H3,(H,18,19). The minimum Gasteiger partial charge on any atom is -0.444 e. The van der Waals surface area contributed by atoms with Gasteiger partial charge in [-0.25, -0.2) is 9.18 Å². The van der Waals surface area contributed by atoms with E-state index in [0.29, 0.717) is 21.5 Å². The van der Waals surface area contributed by atoms with Gasteiger partial charge in [-0.2, -0.15) is 0 Å². The lowest BCUT2D eigenvalue weighted by Crippen LogP contribution is -2.27. The molecule has 2 aromatic rings. The smallest absolute Gasteiger partial charge is 0.412 e. The van der Waals surface area contributed by atoms with Gasteiger partial charge in [0.25, 0.3) is 0 Å². The highest BCUT2D eigenvalue weighted by molar-refractivity contribution is 6.35. The van der Waals surface area contributed by atoms with Crippen molar-refractivity contribution in [1.82, 2.24) is 0 Å². The summed E-state index contributed by atoms with van der Waals surface area (Å²) in [6.07, 6.45) is -0.627. The van der Waals surface area contributed by atoms with Crippen molar-refractivity contribution in [2.75, 3.05) is 5.32 Å². The fourth-order valence-electron chi connectivity index (χ4n) is 1.82. The van der Waals surface area contributed by atoms with Gasteiger partial charge in [-0.1, -0.05) is 23.7 Å². The second-order valence-electron chi connectivity index (χ2n) is 5.42. The molecule has 5 heteroatoms. The van der Waals surface area contributed by atoms with E-state index in [1.165, 1.54) is 6.07 Å². The van der Waals surface area contributed by atoms with Crippen LogP contribution in [0.2, 0.25) is 5.02 Å². The molecule has 0 heterocycles. The number of anilines is 1. The predicted molar refractivity (Wildman–Crippen MR) is 78.8 cm³/mol. The van der Waals surface area contributed by atoms with Gasteiger partial charge in [-0.3, -0.25) is 5.32 Å². The molecular weight excluding hydrogens is 281 g/mol. The average molecular weight is 296 g/mol. The van der Waals surface area contributed by atoms with Crippen molar-refractivity contribution in [3.63, 3.8) is 0 Å². The summed E-state index contributed by atoms with van der Waals surface area (Å²) in [7, 11) is 0. The molecule has 0 aliphatic rings. The van der Waals surface area contributed by atoms with Crippen LogP contribution in [0.4, 0.5) is 14.9 Å². The minimum atomic E-state index is -0.627. The summed E-state index contributed by atoms with van der Waals surface area (Å²) in [6.45, 7) is 5.27. The number of amides is 1. The van der Waals surface area contributed by atoms with Gasteiger partial charge < -0.3 is 4.74 Å². The second-order valence-corrected chi connectivity index (χ2v) is 5.83. The lowest BCUT2D eigenvalue weighted by Gasteiger charge is -2.19. The number of halogens is 2. The summed E-state index contributed by atoms with van der Waals surface area (Å²) >= 11 is 5.96. The minimum absolute atomic E-state index is 0.325. The van der Waals surface area contributed by atoms with E-state index in [2.05, 4.69) is 5.32 Å². The van der Waals surface area contributed by atoms with Crippen molar-refractivity contribution in [2.24, 2.45) is 0 Å². The lowest BCUT2D eigenvalue weighted by atomic mass is 10.1. The molecule has 0 aliphatic heterocycles. The van der Waals surface area contributed by atoms with Crippen LogP contribution in [0, 0.1) is 5.82 Å². The largest absolute Gasteiger partial charge is 0.444 e. The van der Waals surface area contributed by atoms with Gasteiger partial charge in [0, 0.05) is 11.1 Å². The SMILES string of the molecule is CC(C)(C)OC(=O)Nc1cc(F)c2c(Cl)cccc2c1. The summed E-state index contributed by atoms with van der Waals surface area (Å²) < 4.78 is 19.1. The van der Waals surface area contributed by atoms with Crippen LogP contribution in [0.3, 0.4) is 0 Å². The van der Waals surface area contributed by atoms with Crippen molar-refractivity contribution < 1.29 is 13.9 Å². The van der Waals surface area contributed by atoms with Crippen molar-refractivity contribution in [1.29, 1.82) is 0 Å². The molecule has 0 saturated heterocycles. The third-order valence-corrected chi connectivity index (χ3v) is 2.84. The highest BCUT2D eigenvalue weighted by Gasteiger charge is 2.17. The van der Waals surface area contributed by atoms with Crippen molar-refractivity contribution in [3.05, 3.63) is 41.2 Å². The maximum Gasteiger partial charge on any atom is 0.412 e. The molecule has 0 spiro atoms. The van der Waals surface area contributed by atoms with E-state index in [1.54, 1.807) is 45.0 Å². The molecule has 0 bridgehead atoms. The number of hydrogen-bond donors (Lipinski definition) is 1. The first-order chi connectivity index (χ1) is 9.26. The van der Waals surface area contributed by atoms with Crippen LogP contribution in [0.5, 0.6) is 0 Å². The number of ether oxygens (including phenoxy) is 1. The van der Waals surface area contributed by atoms with E-state index in [1.807, 2.05) is 0 Å². The second kappa shape index (κ2) is 5.29. The average Bonchev–Trinajstić information content (AvgIpc) is 2.25. The quantitative estimate of drug-likeness (QED) is 0.806. The fraction of sp³-hybridized carbons (Fsp3) is 0.267. The van der Waals surface area contributed by atoms with Crippen LogP contribution < -0.4 is 5.32 Å². The van der Waals surface area contributed by atoms with Crippen LogP contribution in [-0.4, -0.2) is 11.7 Å². The summed E-state index contributed by atoms with van der Waals surface area (Å²) in [6, 6.07) is 7.94. The molecule has 106 valence electrons. The van der Waals surface area contributed by atoms with Crippen LogP contribution in [0.25, 0.3) is 10.8 Å². The first-order valence-electron chi connectivity index (χ1n) is 6.14. The molecule has 20 heavy (non-hydrogen) atoms. The topological polar surface area (TPSA) is 38.3 Å². The van der Waals surface area contributed by atoms with Gasteiger partial charge in [0.05, 0.1) is 5.02 Å². The van der Waals surface area contributed by atoms with Crippen molar-refractivity contribution >= 4 is 34.2 Å². The molecule has 0 atom stereocenters. The summed E-state index contributed by atoms with van der Waals surface area (Å²) in [5.41, 5.74) is -0.283. The van der Waals surface area contributed by atoms with Crippen LogP contribution >= 0.6 is 11.6 Å². The molecule has 3 nitrogen and oxygen atoms in total. The Morgan fingerprint density at radius 2 is 2.00 bits per heavy atom. The molecular formula is C15H15ClFNO2. The Kier molecular flexibility index (Phi) is 3.86. The van der Waals surface area contributed by atoms with Gasteiger partial charge in [-0.05, 0) is 44.4 Å². The molecule has 1 N–H and O–H groups in total. The highest BCUT2D eigenvalue weighted by atomic mass is 35.5. The molecule has 0 saturated carbocycles. The molecule has 0 unspecified atom stereocenters. The van der Waals surface area contributed by atoms with E-state index in [-0.39, 0.29) is 0 Å². The Hall–Kier alpha value is -1.81. The molecule has 2 aromatic carbocycles. The first kappa shape index (κ1) is 14.6. The maximum absolute atomic E-state index is 14.0. The fourth-order valence-corrected chi connectivity index (χ4v) is 2.10. The lowest BCUT2D eigenvalue weighted by molar-refractivity contribution is 0.0636. The van der Waals surface area contributed by atoms with E-state index >= 15 is 0 Å². The third-order valence-electron chi connectivity index (χ3n) is 2.52. The molecule has 0 radical (unpaired) electrons. The highest BCUT2D eigenvalue weighted by Crippen LogP contribution is 2.29. The summed E-state index contributed by atoms with van der Waals surface area (Å²) in [5.74, 6) is -0.487. The Balaban J connectivity index is 2.31. The summed E-state index contributed by atoms with van der Waals surface area (Å²) in [5, 5.41) is 3.79. The number of hydrogen-bond acceptors (Lipinski definition) is 2. The van der Waals surface area contributed by atoms with Gasteiger partial charge in [-0.15, -0.1) is 0 Å². The number of fused-ring (bicyclic) bond motifs is 1. The Bertz CT molecular complexity index is 665. The van der Waals surface area contributed by atoms with Crippen LogP contribution in [0.15, 0.2) is 30.3 Å². The maximum atomic E-state index is 14.0. The zero-order valence-corrected chi connectivity index (χ0v) is 12.2. The van der Waals surface area contributed by atoms with E-state index in [9.17, 15) is 9.18 Å². The summed E-state index contributed by atoms with van der Waals surface area (Å²) in [4.78, 5) is 11.7. The van der Waals surface area contributed by atoms with Crippen molar-refractivity contribution in [3.8, 4) is 0 Å². The zero-order valence-electron chi connectivity index (χ0n) is 11.5. The number of benzene rings is 2. The zero-order chi connectivity index (χ0) is 14.9. The number of carbonyl (C=O) groups excluding carboxylic acids is 1. The van der Waals surface area contributed by atoms with E-state index in [0.717, 1.165) is 0 Å². The monoisotopic (exact) mass is 295 g/mol. The number of nitrogens with one attached hydrogen (secondary N) is 1. The number of carbonyl (C=O) groups is 1. The third kappa shape index (κ3) is 3.39. The van der Waals surface area contributed by atoms with Crippen LogP contribution in [-0.2, 0) is 4.74 Å². The number of rotatable bonds is 1. The normalized spacial score (nSPS) is 11.4. The van der Waals surface area contributed by atoms with Crippen LogP contribution in [0.1, 0.15) is 20.8 Å². The molecule has 1 amide bonds. The van der Waals surface area contributed by atoms with Gasteiger partial charge >= 0.3 is 6.09 Å². The molecule has 0 aliphatic carbocycles. The Labute approximate surface area is 121 Å². The predicted octanol–water partition coefficient (Wildman–Crippen LogP) is 4.98. The molecule has 0 aromatic heterocycles. The van der Waals surface area contributed by atoms with Crippen molar-refractivity contribution in [2.45, 2.75) is 26.4 Å². The van der Waals surface area contributed by atoms with E-state index < -0.39 is 17.5 Å². The molecule has 0 fully saturated rings. The van der Waals surface area contributed by atoms with Gasteiger partial charge in [0.1, 0.15) is 11.4 Å². The van der Waals surface area contributed by atoms with Gasteiger partial charge in [0.15, 0.2) is 0 Å².